The fourth-order valence-electron chi connectivity index (χ4n) is 3.17. The molecule has 0 aliphatic rings. The lowest BCUT2D eigenvalue weighted by molar-refractivity contribution is 0.434. The van der Waals surface area contributed by atoms with Crippen molar-refractivity contribution >= 4 is 50.4 Å². The number of hydrogen-bond donors (Lipinski definition) is 3. The highest BCUT2D eigenvalue weighted by molar-refractivity contribution is 7.91. The van der Waals surface area contributed by atoms with Gasteiger partial charge in [-0.05, 0) is 32.4 Å². The van der Waals surface area contributed by atoms with Crippen LogP contribution in [-0.2, 0) is 10.0 Å². The number of aryl methyl sites for hydroxylation is 2. The Kier molecular flexibility index (Phi) is 7.24. The van der Waals surface area contributed by atoms with E-state index in [1.807, 2.05) is 26.0 Å². The van der Waals surface area contributed by atoms with Crippen LogP contribution in [0.2, 0.25) is 0 Å². The van der Waals surface area contributed by atoms with Crippen LogP contribution in [-0.4, -0.2) is 39.7 Å². The fourth-order valence-corrected chi connectivity index (χ4v) is 6.75. The van der Waals surface area contributed by atoms with E-state index in [0.29, 0.717) is 35.3 Å². The minimum Gasteiger partial charge on any atom is -0.504 e. The summed E-state index contributed by atoms with van der Waals surface area (Å²) in [4.78, 5) is 0.635. The molecule has 3 heterocycles. The second-order valence-electron chi connectivity index (χ2n) is 6.90. The van der Waals surface area contributed by atoms with Crippen molar-refractivity contribution in [2.75, 3.05) is 23.7 Å². The largest absolute Gasteiger partial charge is 0.504 e. The van der Waals surface area contributed by atoms with Gasteiger partial charge in [-0.3, -0.25) is 0 Å². The van der Waals surface area contributed by atoms with Gasteiger partial charge in [0, 0.05) is 18.0 Å². The number of hydrogen-bond acceptors (Lipinski definition) is 10. The summed E-state index contributed by atoms with van der Waals surface area (Å²) < 4.78 is 41.3. The van der Waals surface area contributed by atoms with Crippen molar-refractivity contribution in [2.24, 2.45) is 0 Å². The number of sulfonamides is 1. The van der Waals surface area contributed by atoms with Gasteiger partial charge in [0.1, 0.15) is 11.5 Å². The molecule has 0 aromatic carbocycles. The summed E-state index contributed by atoms with van der Waals surface area (Å²) in [6, 6.07) is 3.72. The lowest BCUT2D eigenvalue weighted by Gasteiger charge is -2.17. The summed E-state index contributed by atoms with van der Waals surface area (Å²) >= 11 is 2.04. The molecule has 12 heteroatoms. The van der Waals surface area contributed by atoms with Crippen LogP contribution in [0.3, 0.4) is 0 Å². The van der Waals surface area contributed by atoms with E-state index in [2.05, 4.69) is 19.4 Å². The zero-order valence-electron chi connectivity index (χ0n) is 18.1. The predicted octanol–water partition coefficient (Wildman–Crippen LogP) is 4.85. The number of furan rings is 1. The zero-order valence-corrected chi connectivity index (χ0v) is 20.5. The number of rotatable bonds is 10. The second kappa shape index (κ2) is 9.55. The third kappa shape index (κ3) is 4.71. The lowest BCUT2D eigenvalue weighted by Crippen LogP contribution is -2.30. The maximum Gasteiger partial charge on any atom is 0.256 e. The van der Waals surface area contributed by atoms with Gasteiger partial charge in [0.15, 0.2) is 21.6 Å². The summed E-state index contributed by atoms with van der Waals surface area (Å²) in [5.74, 6) is 2.23. The van der Waals surface area contributed by atoms with Gasteiger partial charge in [-0.15, -0.1) is 11.3 Å². The molecule has 0 bridgehead atoms. The van der Waals surface area contributed by atoms with Crippen LogP contribution >= 0.6 is 23.1 Å². The Morgan fingerprint density at radius 3 is 2.42 bits per heavy atom. The monoisotopic (exact) mass is 485 g/mol. The van der Waals surface area contributed by atoms with E-state index < -0.39 is 10.0 Å². The van der Waals surface area contributed by atoms with Gasteiger partial charge >= 0.3 is 0 Å². The van der Waals surface area contributed by atoms with Crippen LogP contribution in [0.5, 0.6) is 5.75 Å². The summed E-state index contributed by atoms with van der Waals surface area (Å²) in [5.41, 5.74) is 0.313. The van der Waals surface area contributed by atoms with Crippen molar-refractivity contribution in [2.45, 2.75) is 51.3 Å². The van der Waals surface area contributed by atoms with Crippen molar-refractivity contribution < 1.29 is 17.9 Å². The molecule has 3 N–H and O–H groups in total. The molecule has 0 aliphatic heterocycles. The van der Waals surface area contributed by atoms with E-state index in [4.69, 9.17) is 4.42 Å². The van der Waals surface area contributed by atoms with Crippen molar-refractivity contribution in [3.05, 3.63) is 28.5 Å². The van der Waals surface area contributed by atoms with Crippen LogP contribution in [0.1, 0.15) is 49.6 Å². The van der Waals surface area contributed by atoms with E-state index >= 15 is 0 Å². The number of nitrogens with one attached hydrogen (secondary N) is 2. The standard InChI is InChI=1S/C19H27N5O4S3/c1-6-13(14-10-9-11(4)28-14)20-17-18(23-30-22-17)21-15-12(5)29-19(16(15)25)31(26,27)24(7-2)8-3/h9-10,13,25H,6-8H2,1-5H3,(H,20,22)(H,21,23)/t13-/m1/s1. The summed E-state index contributed by atoms with van der Waals surface area (Å²) in [6.07, 6.45) is 0.763. The van der Waals surface area contributed by atoms with E-state index in [-0.39, 0.29) is 16.0 Å². The Morgan fingerprint density at radius 1 is 1.16 bits per heavy atom. The first-order valence-electron chi connectivity index (χ1n) is 9.97. The maximum atomic E-state index is 12.9. The minimum atomic E-state index is -3.78. The molecule has 0 radical (unpaired) electrons. The van der Waals surface area contributed by atoms with E-state index in [9.17, 15) is 13.5 Å². The topological polar surface area (TPSA) is 121 Å². The van der Waals surface area contributed by atoms with Crippen LogP contribution in [0.4, 0.5) is 17.3 Å². The van der Waals surface area contributed by atoms with Gasteiger partial charge in [-0.2, -0.15) is 13.1 Å². The molecule has 0 saturated carbocycles. The molecule has 0 spiro atoms. The van der Waals surface area contributed by atoms with Gasteiger partial charge in [-0.1, -0.05) is 20.8 Å². The Balaban J connectivity index is 1.88. The Hall–Kier alpha value is -2.15. The quantitative estimate of drug-likeness (QED) is 0.373. The van der Waals surface area contributed by atoms with Gasteiger partial charge in [-0.25, -0.2) is 8.42 Å². The number of aromatic hydroxyl groups is 1. The minimum absolute atomic E-state index is 0.0774. The van der Waals surface area contributed by atoms with Crippen LogP contribution in [0.15, 0.2) is 20.8 Å². The normalized spacial score (nSPS) is 13.0. The highest BCUT2D eigenvalue weighted by Crippen LogP contribution is 2.44. The molecule has 170 valence electrons. The van der Waals surface area contributed by atoms with E-state index in [1.54, 1.807) is 20.8 Å². The molecule has 3 aromatic heterocycles. The molecule has 3 rings (SSSR count). The van der Waals surface area contributed by atoms with Gasteiger partial charge < -0.3 is 20.2 Å². The number of aromatic nitrogens is 2. The van der Waals surface area contributed by atoms with Gasteiger partial charge in [0.25, 0.3) is 10.0 Å². The van der Waals surface area contributed by atoms with Crippen molar-refractivity contribution in [1.82, 2.24) is 13.1 Å². The molecule has 1 atom stereocenters. The fraction of sp³-hybridized carbons (Fsp3) is 0.474. The van der Waals surface area contributed by atoms with Crippen molar-refractivity contribution in [1.29, 1.82) is 0 Å². The summed E-state index contributed by atoms with van der Waals surface area (Å²) in [7, 11) is -3.78. The Bertz CT molecular complexity index is 1130. The van der Waals surface area contributed by atoms with E-state index in [0.717, 1.165) is 41.0 Å². The smallest absolute Gasteiger partial charge is 0.256 e. The summed E-state index contributed by atoms with van der Waals surface area (Å²) in [6.45, 7) is 9.85. The summed E-state index contributed by atoms with van der Waals surface area (Å²) in [5, 5.41) is 17.1. The first-order chi connectivity index (χ1) is 14.7. The second-order valence-corrected chi connectivity index (χ2v) is 10.8. The molecular weight excluding hydrogens is 458 g/mol. The SMILES string of the molecule is CC[C@@H](Nc1nsnc1Nc1c(C)sc(S(=O)(=O)N(CC)CC)c1O)c1ccc(C)o1. The Labute approximate surface area is 190 Å². The van der Waals surface area contributed by atoms with Crippen LogP contribution in [0, 0.1) is 13.8 Å². The molecule has 3 aromatic rings. The average Bonchev–Trinajstić information content (AvgIpc) is 3.43. The predicted molar refractivity (Wildman–Crippen MR) is 124 cm³/mol. The van der Waals surface area contributed by atoms with Crippen LogP contribution < -0.4 is 10.6 Å². The van der Waals surface area contributed by atoms with Crippen molar-refractivity contribution in [3.8, 4) is 5.75 Å². The average molecular weight is 486 g/mol. The molecular formula is C19H27N5O4S3. The molecule has 0 saturated heterocycles. The van der Waals surface area contributed by atoms with Gasteiger partial charge in [0.2, 0.25) is 0 Å². The number of anilines is 3. The first kappa shape index (κ1) is 23.5. The first-order valence-corrected chi connectivity index (χ1v) is 13.0. The van der Waals surface area contributed by atoms with Gasteiger partial charge in [0.05, 0.1) is 23.5 Å². The molecule has 0 unspecified atom stereocenters. The van der Waals surface area contributed by atoms with Crippen LogP contribution in [0.25, 0.3) is 0 Å². The molecule has 0 amide bonds. The molecule has 0 aliphatic carbocycles. The maximum absolute atomic E-state index is 12.9. The third-order valence-electron chi connectivity index (χ3n) is 4.86. The number of thiophene rings is 1. The molecule has 9 nitrogen and oxygen atoms in total. The van der Waals surface area contributed by atoms with Crippen molar-refractivity contribution in [3.63, 3.8) is 0 Å². The third-order valence-corrected chi connectivity index (χ3v) is 9.02. The highest BCUT2D eigenvalue weighted by atomic mass is 32.2. The highest BCUT2D eigenvalue weighted by Gasteiger charge is 2.31. The number of nitrogens with zero attached hydrogens (tertiary/aromatic N) is 3. The lowest BCUT2D eigenvalue weighted by atomic mass is 10.2. The molecule has 31 heavy (non-hydrogen) atoms. The zero-order chi connectivity index (χ0) is 22.8. The molecule has 0 fully saturated rings. The van der Waals surface area contributed by atoms with E-state index in [1.165, 1.54) is 4.31 Å². The Morgan fingerprint density at radius 2 is 1.84 bits per heavy atom.